The highest BCUT2D eigenvalue weighted by Gasteiger charge is 2.06. The second-order valence-corrected chi connectivity index (χ2v) is 4.55. The Balaban J connectivity index is 1.56. The number of hydrogen-bond donors (Lipinski definition) is 2. The molecule has 2 aromatic heterocycles. The third kappa shape index (κ3) is 3.19. The lowest BCUT2D eigenvalue weighted by Crippen LogP contribution is -2.24. The van der Waals surface area contributed by atoms with Gasteiger partial charge in [0, 0.05) is 30.9 Å². The van der Waals surface area contributed by atoms with Gasteiger partial charge in [-0.15, -0.1) is 0 Å². The maximum absolute atomic E-state index is 12.1. The Morgan fingerprint density at radius 1 is 1.14 bits per heavy atom. The Morgan fingerprint density at radius 2 is 2.00 bits per heavy atom. The van der Waals surface area contributed by atoms with Gasteiger partial charge in [-0.2, -0.15) is 5.10 Å². The molecule has 3 rings (SSSR count). The molecule has 3 aromatic rings. The Bertz CT molecular complexity index is 740. The summed E-state index contributed by atoms with van der Waals surface area (Å²) in [5.41, 5.74) is 2.08. The molecule has 21 heavy (non-hydrogen) atoms. The van der Waals surface area contributed by atoms with E-state index in [1.54, 1.807) is 30.6 Å². The average molecular weight is 282 g/mol. The number of H-pyrrole nitrogens is 1. The van der Waals surface area contributed by atoms with Gasteiger partial charge in [-0.1, -0.05) is 0 Å². The predicted octanol–water partition coefficient (Wildman–Crippen LogP) is 1.11. The Morgan fingerprint density at radius 3 is 2.81 bits per heavy atom. The zero-order chi connectivity index (χ0) is 14.5. The first-order valence-electron chi connectivity index (χ1n) is 6.66. The van der Waals surface area contributed by atoms with Gasteiger partial charge >= 0.3 is 0 Å². The van der Waals surface area contributed by atoms with Crippen LogP contribution in [0.1, 0.15) is 22.6 Å². The standard InChI is InChI=1S/C14H14N6O/c21-14(17-5-1-2-13-18-9-19-20-13)10-3-4-11-12(8-10)16-7-6-15-11/h3-4,6-9H,1-2,5H2,(H,17,21)(H,18,19,20). The van der Waals surface area contributed by atoms with E-state index in [0.717, 1.165) is 24.2 Å². The lowest BCUT2D eigenvalue weighted by atomic mass is 10.2. The van der Waals surface area contributed by atoms with Gasteiger partial charge in [0.05, 0.1) is 11.0 Å². The van der Waals surface area contributed by atoms with Crippen LogP contribution < -0.4 is 5.32 Å². The molecule has 0 radical (unpaired) electrons. The van der Waals surface area contributed by atoms with Crippen LogP contribution in [0.4, 0.5) is 0 Å². The largest absolute Gasteiger partial charge is 0.352 e. The van der Waals surface area contributed by atoms with Crippen molar-refractivity contribution in [2.75, 3.05) is 6.54 Å². The second-order valence-electron chi connectivity index (χ2n) is 4.55. The van der Waals surface area contributed by atoms with Gasteiger partial charge in [-0.25, -0.2) is 4.98 Å². The minimum absolute atomic E-state index is 0.111. The molecule has 0 fully saturated rings. The summed E-state index contributed by atoms with van der Waals surface area (Å²) in [6, 6.07) is 5.29. The number of benzene rings is 1. The molecule has 1 aromatic carbocycles. The number of nitrogens with one attached hydrogen (secondary N) is 2. The molecule has 1 amide bonds. The summed E-state index contributed by atoms with van der Waals surface area (Å²) in [5, 5.41) is 9.44. The monoisotopic (exact) mass is 282 g/mol. The maximum atomic E-state index is 12.1. The van der Waals surface area contributed by atoms with Crippen molar-refractivity contribution in [3.8, 4) is 0 Å². The van der Waals surface area contributed by atoms with E-state index in [-0.39, 0.29) is 5.91 Å². The van der Waals surface area contributed by atoms with Crippen molar-refractivity contribution in [3.63, 3.8) is 0 Å². The summed E-state index contributed by atoms with van der Waals surface area (Å²) in [4.78, 5) is 24.5. The number of carbonyl (C=O) groups is 1. The maximum Gasteiger partial charge on any atom is 0.251 e. The molecule has 2 N–H and O–H groups in total. The van der Waals surface area contributed by atoms with E-state index in [1.165, 1.54) is 6.33 Å². The number of aryl methyl sites for hydroxylation is 1. The molecular formula is C14H14N6O. The predicted molar refractivity (Wildman–Crippen MR) is 76.6 cm³/mol. The summed E-state index contributed by atoms with van der Waals surface area (Å²) in [6.07, 6.45) is 6.27. The molecule has 0 spiro atoms. The molecule has 7 nitrogen and oxygen atoms in total. The third-order valence-electron chi connectivity index (χ3n) is 3.07. The van der Waals surface area contributed by atoms with Gasteiger partial charge in [0.2, 0.25) is 0 Å². The van der Waals surface area contributed by atoms with Gasteiger partial charge in [0.25, 0.3) is 5.91 Å². The molecule has 0 bridgehead atoms. The lowest BCUT2D eigenvalue weighted by molar-refractivity contribution is 0.0953. The SMILES string of the molecule is O=C(NCCCc1ncn[nH]1)c1ccc2nccnc2c1. The molecule has 106 valence electrons. The van der Waals surface area contributed by atoms with Crippen molar-refractivity contribution in [2.24, 2.45) is 0 Å². The van der Waals surface area contributed by atoms with Gasteiger partial charge in [-0.3, -0.25) is 19.9 Å². The molecule has 0 aliphatic carbocycles. The van der Waals surface area contributed by atoms with Gasteiger partial charge < -0.3 is 5.32 Å². The topological polar surface area (TPSA) is 96.5 Å². The van der Waals surface area contributed by atoms with Crippen LogP contribution in [0.3, 0.4) is 0 Å². The Hall–Kier alpha value is -2.83. The fourth-order valence-electron chi connectivity index (χ4n) is 2.02. The van der Waals surface area contributed by atoms with Gasteiger partial charge in [0.1, 0.15) is 12.2 Å². The number of amides is 1. The molecule has 0 aliphatic rings. The van der Waals surface area contributed by atoms with Crippen LogP contribution in [-0.4, -0.2) is 37.6 Å². The van der Waals surface area contributed by atoms with Crippen molar-refractivity contribution >= 4 is 16.9 Å². The first kappa shape index (κ1) is 13.2. The minimum atomic E-state index is -0.111. The fraction of sp³-hybridized carbons (Fsp3) is 0.214. The van der Waals surface area contributed by atoms with E-state index in [2.05, 4.69) is 30.5 Å². The number of rotatable bonds is 5. The number of aromatic nitrogens is 5. The van der Waals surface area contributed by atoms with Crippen molar-refractivity contribution in [2.45, 2.75) is 12.8 Å². The Labute approximate surface area is 120 Å². The van der Waals surface area contributed by atoms with Crippen LogP contribution in [0.25, 0.3) is 11.0 Å². The van der Waals surface area contributed by atoms with E-state index < -0.39 is 0 Å². The van der Waals surface area contributed by atoms with E-state index in [0.29, 0.717) is 17.6 Å². The summed E-state index contributed by atoms with van der Waals surface area (Å²) in [7, 11) is 0. The van der Waals surface area contributed by atoms with Crippen molar-refractivity contribution < 1.29 is 4.79 Å². The van der Waals surface area contributed by atoms with E-state index in [4.69, 9.17) is 0 Å². The Kier molecular flexibility index (Phi) is 3.81. The highest BCUT2D eigenvalue weighted by Crippen LogP contribution is 2.10. The molecule has 0 saturated carbocycles. The van der Waals surface area contributed by atoms with E-state index >= 15 is 0 Å². The van der Waals surface area contributed by atoms with Crippen LogP contribution in [-0.2, 0) is 6.42 Å². The summed E-state index contributed by atoms with van der Waals surface area (Å²) in [5.74, 6) is 0.713. The molecule has 0 atom stereocenters. The third-order valence-corrected chi connectivity index (χ3v) is 3.07. The van der Waals surface area contributed by atoms with Crippen LogP contribution in [0.15, 0.2) is 36.9 Å². The van der Waals surface area contributed by atoms with E-state index in [9.17, 15) is 4.79 Å². The van der Waals surface area contributed by atoms with Crippen molar-refractivity contribution in [1.29, 1.82) is 0 Å². The van der Waals surface area contributed by atoms with Crippen LogP contribution in [0.2, 0.25) is 0 Å². The highest BCUT2D eigenvalue weighted by atomic mass is 16.1. The smallest absolute Gasteiger partial charge is 0.251 e. The number of fused-ring (bicyclic) bond motifs is 1. The summed E-state index contributed by atoms with van der Waals surface area (Å²) >= 11 is 0. The first-order valence-corrected chi connectivity index (χ1v) is 6.66. The average Bonchev–Trinajstić information content (AvgIpc) is 3.04. The zero-order valence-electron chi connectivity index (χ0n) is 11.3. The normalized spacial score (nSPS) is 10.7. The van der Waals surface area contributed by atoms with Gasteiger partial charge in [-0.05, 0) is 24.6 Å². The number of carbonyl (C=O) groups excluding carboxylic acids is 1. The number of hydrogen-bond acceptors (Lipinski definition) is 5. The molecule has 0 unspecified atom stereocenters. The highest BCUT2D eigenvalue weighted by molar-refractivity contribution is 5.97. The van der Waals surface area contributed by atoms with Crippen molar-refractivity contribution in [1.82, 2.24) is 30.5 Å². The van der Waals surface area contributed by atoms with Crippen LogP contribution in [0, 0.1) is 0 Å². The molecule has 0 saturated heterocycles. The molecule has 0 aliphatic heterocycles. The van der Waals surface area contributed by atoms with Gasteiger partial charge in [0.15, 0.2) is 0 Å². The first-order chi connectivity index (χ1) is 10.3. The van der Waals surface area contributed by atoms with E-state index in [1.807, 2.05) is 0 Å². The zero-order valence-corrected chi connectivity index (χ0v) is 11.3. The fourth-order valence-corrected chi connectivity index (χ4v) is 2.02. The molecule has 2 heterocycles. The molecular weight excluding hydrogens is 268 g/mol. The molecule has 7 heteroatoms. The minimum Gasteiger partial charge on any atom is -0.352 e. The summed E-state index contributed by atoms with van der Waals surface area (Å²) < 4.78 is 0. The van der Waals surface area contributed by atoms with Crippen LogP contribution in [0.5, 0.6) is 0 Å². The van der Waals surface area contributed by atoms with Crippen molar-refractivity contribution in [3.05, 3.63) is 48.3 Å². The summed E-state index contributed by atoms with van der Waals surface area (Å²) in [6.45, 7) is 0.581. The number of aromatic amines is 1. The quantitative estimate of drug-likeness (QED) is 0.683. The number of nitrogens with zero attached hydrogens (tertiary/aromatic N) is 4. The lowest BCUT2D eigenvalue weighted by Gasteiger charge is -2.05. The second kappa shape index (κ2) is 6.08. The van der Waals surface area contributed by atoms with Crippen LogP contribution >= 0.6 is 0 Å².